The van der Waals surface area contributed by atoms with Gasteiger partial charge in [0.15, 0.2) is 0 Å². The Labute approximate surface area is 275 Å². The quantitative estimate of drug-likeness (QED) is 0.156. The molecule has 250 valence electrons. The van der Waals surface area contributed by atoms with Crippen LogP contribution in [-0.2, 0) is 19.4 Å². The summed E-state index contributed by atoms with van der Waals surface area (Å²) in [7, 11) is 0. The van der Waals surface area contributed by atoms with Crippen LogP contribution in [0.1, 0.15) is 76.7 Å². The largest absolute Gasteiger partial charge is 0.390 e. The Morgan fingerprint density at radius 3 is 2.06 bits per heavy atom. The molecule has 2 amide bonds. The summed E-state index contributed by atoms with van der Waals surface area (Å²) >= 11 is 0. The Kier molecular flexibility index (Phi) is 12.4. The third-order valence-corrected chi connectivity index (χ3v) is 8.12. The smallest absolute Gasteiger partial charge is 0.254 e. The second kappa shape index (κ2) is 16.4. The SMILES string of the molecule is CCCN(CCC)C(=O)c1cc(C(=O)N(Cc2cccc(CC)c2)C[C@@H](O)[C@@H](N)Cc2cc(F)cc(F)c2)cc(-c2conc2C)c1. The van der Waals surface area contributed by atoms with Crippen molar-refractivity contribution in [1.82, 2.24) is 15.0 Å². The molecule has 1 aromatic heterocycles. The molecule has 0 saturated heterocycles. The Morgan fingerprint density at radius 1 is 0.872 bits per heavy atom. The fourth-order valence-corrected chi connectivity index (χ4v) is 5.71. The summed E-state index contributed by atoms with van der Waals surface area (Å²) < 4.78 is 32.9. The first-order chi connectivity index (χ1) is 22.5. The van der Waals surface area contributed by atoms with E-state index in [-0.39, 0.29) is 31.0 Å². The number of hydrogen-bond donors (Lipinski definition) is 2. The van der Waals surface area contributed by atoms with Gasteiger partial charge in [-0.1, -0.05) is 50.2 Å². The van der Waals surface area contributed by atoms with E-state index in [0.717, 1.165) is 36.5 Å². The maximum absolute atomic E-state index is 14.4. The van der Waals surface area contributed by atoms with Gasteiger partial charge in [-0.05, 0) is 85.2 Å². The number of carbonyl (C=O) groups is 2. The number of amides is 2. The molecule has 1 heterocycles. The van der Waals surface area contributed by atoms with E-state index in [2.05, 4.69) is 5.16 Å². The summed E-state index contributed by atoms with van der Waals surface area (Å²) in [4.78, 5) is 31.5. The first kappa shape index (κ1) is 35.4. The highest BCUT2D eigenvalue weighted by Gasteiger charge is 2.26. The van der Waals surface area contributed by atoms with Crippen molar-refractivity contribution in [2.45, 2.75) is 72.1 Å². The third kappa shape index (κ3) is 9.33. The highest BCUT2D eigenvalue weighted by Crippen LogP contribution is 2.27. The first-order valence-electron chi connectivity index (χ1n) is 16.1. The monoisotopic (exact) mass is 646 g/mol. The molecule has 3 N–H and O–H groups in total. The van der Waals surface area contributed by atoms with E-state index >= 15 is 0 Å². The topological polar surface area (TPSA) is 113 Å². The number of aliphatic hydroxyl groups is 1. The van der Waals surface area contributed by atoms with E-state index < -0.39 is 29.7 Å². The Hall–Kier alpha value is -4.41. The molecule has 0 spiro atoms. The minimum absolute atomic E-state index is 0.00517. The summed E-state index contributed by atoms with van der Waals surface area (Å²) in [5.41, 5.74) is 11.0. The standard InChI is InChI=1S/C37H44F2N4O4/c1-5-11-42(12-6-2)36(45)29-17-28(33-23-47-41-24(33)4)18-30(19-29)37(46)43(21-26-10-8-9-25(7-3)13-26)22-35(44)34(40)16-27-14-31(38)20-32(39)15-27/h8-10,13-15,17-20,23,34-35,44H,5-7,11-12,16,21-22,40H2,1-4H3/t34-,35+/m0/s1. The van der Waals surface area contributed by atoms with E-state index in [9.17, 15) is 23.5 Å². The summed E-state index contributed by atoms with van der Waals surface area (Å²) in [6.45, 7) is 8.98. The molecule has 2 atom stereocenters. The zero-order chi connectivity index (χ0) is 34.1. The van der Waals surface area contributed by atoms with E-state index in [1.165, 1.54) is 23.3 Å². The van der Waals surface area contributed by atoms with Gasteiger partial charge in [-0.25, -0.2) is 8.78 Å². The Morgan fingerprint density at radius 2 is 1.49 bits per heavy atom. The molecule has 8 nitrogen and oxygen atoms in total. The Bertz CT molecular complexity index is 1650. The van der Waals surface area contributed by atoms with E-state index in [0.29, 0.717) is 41.0 Å². The molecule has 10 heteroatoms. The lowest BCUT2D eigenvalue weighted by Gasteiger charge is -2.29. The lowest BCUT2D eigenvalue weighted by atomic mass is 9.98. The number of carbonyl (C=O) groups excluding carboxylic acids is 2. The molecule has 0 aliphatic heterocycles. The maximum atomic E-state index is 14.4. The highest BCUT2D eigenvalue weighted by atomic mass is 19.1. The van der Waals surface area contributed by atoms with Crippen molar-refractivity contribution in [1.29, 1.82) is 0 Å². The van der Waals surface area contributed by atoms with Crippen molar-refractivity contribution in [2.75, 3.05) is 19.6 Å². The number of aromatic nitrogens is 1. The number of nitrogens with two attached hydrogens (primary N) is 1. The molecule has 0 bridgehead atoms. The zero-order valence-corrected chi connectivity index (χ0v) is 27.5. The summed E-state index contributed by atoms with van der Waals surface area (Å²) in [6.07, 6.45) is 2.62. The van der Waals surface area contributed by atoms with Crippen LogP contribution in [-0.4, -0.2) is 63.7 Å². The normalized spacial score (nSPS) is 12.5. The predicted octanol–water partition coefficient (Wildman–Crippen LogP) is 6.33. The molecular formula is C37H44F2N4O4. The average molecular weight is 647 g/mol. The lowest BCUT2D eigenvalue weighted by molar-refractivity contribution is 0.0554. The van der Waals surface area contributed by atoms with Gasteiger partial charge in [0.25, 0.3) is 11.8 Å². The first-order valence-corrected chi connectivity index (χ1v) is 16.1. The van der Waals surface area contributed by atoms with Gasteiger partial charge in [0.2, 0.25) is 0 Å². The molecule has 0 radical (unpaired) electrons. The number of nitrogens with zero attached hydrogens (tertiary/aromatic N) is 3. The van der Waals surface area contributed by atoms with Crippen molar-refractivity contribution in [2.24, 2.45) is 5.73 Å². The van der Waals surface area contributed by atoms with Gasteiger partial charge in [0, 0.05) is 55.0 Å². The molecule has 47 heavy (non-hydrogen) atoms. The van der Waals surface area contributed by atoms with Crippen LogP contribution in [0.15, 0.2) is 71.4 Å². The van der Waals surface area contributed by atoms with Crippen LogP contribution in [0.2, 0.25) is 0 Å². The minimum Gasteiger partial charge on any atom is -0.390 e. The molecule has 4 aromatic rings. The van der Waals surface area contributed by atoms with Crippen molar-refractivity contribution in [3.63, 3.8) is 0 Å². The fourth-order valence-electron chi connectivity index (χ4n) is 5.71. The number of aryl methyl sites for hydroxylation is 2. The predicted molar refractivity (Wildman–Crippen MR) is 178 cm³/mol. The van der Waals surface area contributed by atoms with Crippen LogP contribution in [0.25, 0.3) is 11.1 Å². The summed E-state index contributed by atoms with van der Waals surface area (Å²) in [5.74, 6) is -2.08. The minimum atomic E-state index is -1.23. The third-order valence-electron chi connectivity index (χ3n) is 8.12. The van der Waals surface area contributed by atoms with E-state index in [1.54, 1.807) is 30.0 Å². The summed E-state index contributed by atoms with van der Waals surface area (Å²) in [6, 6.07) is 15.0. The number of hydrogen-bond acceptors (Lipinski definition) is 6. The average Bonchev–Trinajstić information content (AvgIpc) is 3.48. The van der Waals surface area contributed by atoms with E-state index in [1.807, 2.05) is 45.0 Å². The van der Waals surface area contributed by atoms with Gasteiger partial charge < -0.3 is 25.2 Å². The van der Waals surface area contributed by atoms with E-state index in [4.69, 9.17) is 10.3 Å². The zero-order valence-electron chi connectivity index (χ0n) is 27.5. The van der Waals surface area contributed by atoms with Crippen LogP contribution in [0.3, 0.4) is 0 Å². The number of benzene rings is 3. The molecule has 4 rings (SSSR count). The molecule has 0 aliphatic carbocycles. The van der Waals surface area contributed by atoms with Crippen LogP contribution in [0, 0.1) is 18.6 Å². The van der Waals surface area contributed by atoms with Crippen LogP contribution < -0.4 is 5.73 Å². The molecule has 0 fully saturated rings. The van der Waals surface area contributed by atoms with Crippen LogP contribution in [0.4, 0.5) is 8.78 Å². The van der Waals surface area contributed by atoms with Crippen molar-refractivity contribution in [3.8, 4) is 11.1 Å². The fraction of sp³-hybridized carbons (Fsp3) is 0.378. The number of rotatable bonds is 15. The van der Waals surface area contributed by atoms with Crippen molar-refractivity contribution < 1.29 is 28.0 Å². The maximum Gasteiger partial charge on any atom is 0.254 e. The molecule has 0 aliphatic rings. The molecule has 0 unspecified atom stereocenters. The second-order valence-electron chi connectivity index (χ2n) is 12.0. The number of halogens is 2. The van der Waals surface area contributed by atoms with Gasteiger partial charge in [-0.15, -0.1) is 0 Å². The van der Waals surface area contributed by atoms with Gasteiger partial charge >= 0.3 is 0 Å². The Balaban J connectivity index is 1.73. The second-order valence-corrected chi connectivity index (χ2v) is 12.0. The number of aliphatic hydroxyl groups excluding tert-OH is 1. The molecular weight excluding hydrogens is 602 g/mol. The van der Waals surface area contributed by atoms with Gasteiger partial charge in [0.1, 0.15) is 17.9 Å². The van der Waals surface area contributed by atoms with Crippen LogP contribution in [0.5, 0.6) is 0 Å². The lowest BCUT2D eigenvalue weighted by Crippen LogP contribution is -2.46. The summed E-state index contributed by atoms with van der Waals surface area (Å²) in [5, 5.41) is 15.2. The molecule has 3 aromatic carbocycles. The molecule has 0 saturated carbocycles. The van der Waals surface area contributed by atoms with Gasteiger partial charge in [-0.3, -0.25) is 9.59 Å². The van der Waals surface area contributed by atoms with Crippen molar-refractivity contribution >= 4 is 11.8 Å². The van der Waals surface area contributed by atoms with Gasteiger partial charge in [-0.2, -0.15) is 0 Å². The highest BCUT2D eigenvalue weighted by molar-refractivity contribution is 6.01. The van der Waals surface area contributed by atoms with Crippen LogP contribution >= 0.6 is 0 Å². The van der Waals surface area contributed by atoms with Gasteiger partial charge in [0.05, 0.1) is 11.8 Å². The van der Waals surface area contributed by atoms with Crippen molar-refractivity contribution in [3.05, 3.63) is 112 Å².